The van der Waals surface area contributed by atoms with E-state index in [1.54, 1.807) is 25.3 Å². The number of cyclic esters (lactones) is 1. The summed E-state index contributed by atoms with van der Waals surface area (Å²) in [6.45, 7) is 15.6. The topological polar surface area (TPSA) is 159 Å². The van der Waals surface area contributed by atoms with Gasteiger partial charge in [-0.2, -0.15) is 0 Å². The summed E-state index contributed by atoms with van der Waals surface area (Å²) in [5.74, 6) is 3.38. The maximum atomic E-state index is 14.8. The maximum Gasteiger partial charge on any atom is 0.324 e. The molecule has 0 radical (unpaired) electrons. The van der Waals surface area contributed by atoms with Crippen LogP contribution in [0.4, 0.5) is 0 Å². The van der Waals surface area contributed by atoms with Crippen molar-refractivity contribution >= 4 is 40.5 Å². The first-order valence-corrected chi connectivity index (χ1v) is 25.0. The Morgan fingerprint density at radius 3 is 2.51 bits per heavy atom. The van der Waals surface area contributed by atoms with E-state index in [1.165, 1.54) is 9.91 Å². The number of hydrogen-bond donors (Lipinski definition) is 2. The summed E-state index contributed by atoms with van der Waals surface area (Å²) in [4.78, 5) is 80.6. The van der Waals surface area contributed by atoms with Gasteiger partial charge in [-0.05, 0) is 105 Å². The van der Waals surface area contributed by atoms with Crippen LogP contribution in [0.25, 0.3) is 33.3 Å². The summed E-state index contributed by atoms with van der Waals surface area (Å²) < 4.78 is 14.3. The van der Waals surface area contributed by atoms with Gasteiger partial charge in [0.1, 0.15) is 18.1 Å². The molecule has 4 aromatic rings. The highest BCUT2D eigenvalue weighted by Crippen LogP contribution is 2.42. The molecule has 4 aliphatic heterocycles. The van der Waals surface area contributed by atoms with Crippen molar-refractivity contribution in [3.8, 4) is 34.2 Å². The Morgan fingerprint density at radius 1 is 1.01 bits per heavy atom. The van der Waals surface area contributed by atoms with E-state index in [2.05, 4.69) is 89.2 Å². The van der Waals surface area contributed by atoms with Gasteiger partial charge in [0.05, 0.1) is 30.0 Å². The number of rotatable bonds is 9. The Labute approximate surface area is 412 Å². The number of methoxy groups -OCH3 is 1. The zero-order chi connectivity index (χ0) is 50.0. The SMILES string of the molecule is CCn1c(-c2cccnc2[C@H](C)OC)c2c3cc(ccc31)-c1cccc(c1)C[C@H](NC(=O)[C@H](C(C)C)N(C)C(=O)C1CCN(C(=O)C#CC3CN(C)C3)C1)C(=O)N1CCC[C@H](N1)C(=O)OCC(C)(C)C2. The summed E-state index contributed by atoms with van der Waals surface area (Å²) in [7, 11) is 5.33. The predicted octanol–water partition coefficient (Wildman–Crippen LogP) is 5.64. The van der Waals surface area contributed by atoms with E-state index in [0.717, 1.165) is 63.2 Å². The first kappa shape index (κ1) is 50.3. The fraction of sp³-hybridized carbons (Fsp3) is 0.527. The maximum absolute atomic E-state index is 14.8. The molecule has 0 saturated carbocycles. The van der Waals surface area contributed by atoms with Crippen molar-refractivity contribution in [3.63, 3.8) is 0 Å². The zero-order valence-electron chi connectivity index (χ0n) is 42.3. The Kier molecular flexibility index (Phi) is 15.2. The lowest BCUT2D eigenvalue weighted by atomic mass is 9.84. The monoisotopic (exact) mass is 955 g/mol. The summed E-state index contributed by atoms with van der Waals surface area (Å²) in [5.41, 5.74) is 10.5. The highest BCUT2D eigenvalue weighted by molar-refractivity contribution is 5.97. The van der Waals surface area contributed by atoms with Crippen LogP contribution in [0.1, 0.15) is 83.7 Å². The fourth-order valence-electron chi connectivity index (χ4n) is 10.8. The van der Waals surface area contributed by atoms with Gasteiger partial charge in [0.25, 0.3) is 11.8 Å². The third kappa shape index (κ3) is 10.6. The number of hydrogen-bond acceptors (Lipinski definition) is 10. The van der Waals surface area contributed by atoms with Crippen LogP contribution in [0.5, 0.6) is 0 Å². The number of nitrogens with zero attached hydrogens (tertiary/aromatic N) is 6. The number of likely N-dealkylation sites (N-methyl/N-ethyl adjacent to an activating group) is 1. The molecule has 15 heteroatoms. The highest BCUT2D eigenvalue weighted by atomic mass is 16.5. The average molecular weight is 955 g/mol. The first-order chi connectivity index (χ1) is 33.5. The van der Waals surface area contributed by atoms with Crippen molar-refractivity contribution in [1.29, 1.82) is 0 Å². The Bertz CT molecular complexity index is 2690. The van der Waals surface area contributed by atoms with Crippen LogP contribution in [0.2, 0.25) is 0 Å². The molecule has 2 aromatic heterocycles. The minimum absolute atomic E-state index is 0.134. The quantitative estimate of drug-likeness (QED) is 0.159. The number of carbonyl (C=O) groups is 5. The molecule has 4 amide bonds. The number of amides is 4. The number of pyridine rings is 1. The highest BCUT2D eigenvalue weighted by Gasteiger charge is 2.40. The lowest BCUT2D eigenvalue weighted by Gasteiger charge is -2.37. The third-order valence-corrected chi connectivity index (χ3v) is 14.6. The molecule has 6 bridgehead atoms. The molecule has 0 spiro atoms. The largest absolute Gasteiger partial charge is 0.464 e. The van der Waals surface area contributed by atoms with Gasteiger partial charge in [0.15, 0.2) is 0 Å². The van der Waals surface area contributed by atoms with Crippen molar-refractivity contribution in [2.45, 2.75) is 104 Å². The fourth-order valence-corrected chi connectivity index (χ4v) is 10.8. The molecule has 3 saturated heterocycles. The van der Waals surface area contributed by atoms with Crippen molar-refractivity contribution in [2.75, 3.05) is 60.5 Å². The number of hydrazine groups is 1. The van der Waals surface area contributed by atoms with Gasteiger partial charge >= 0.3 is 5.97 Å². The number of nitrogens with one attached hydrogen (secondary N) is 2. The van der Waals surface area contributed by atoms with E-state index in [4.69, 9.17) is 14.5 Å². The number of aromatic nitrogens is 2. The van der Waals surface area contributed by atoms with E-state index in [-0.39, 0.29) is 49.3 Å². The Morgan fingerprint density at radius 2 is 1.79 bits per heavy atom. The van der Waals surface area contributed by atoms with Gasteiger partial charge in [-0.15, -0.1) is 0 Å². The van der Waals surface area contributed by atoms with Crippen LogP contribution in [0.3, 0.4) is 0 Å². The number of ether oxygens (including phenoxy) is 2. The van der Waals surface area contributed by atoms with E-state index < -0.39 is 47.2 Å². The molecular formula is C55H70N8O7. The molecule has 3 fully saturated rings. The molecule has 2 N–H and O–H groups in total. The van der Waals surface area contributed by atoms with Gasteiger partial charge in [-0.1, -0.05) is 63.9 Å². The summed E-state index contributed by atoms with van der Waals surface area (Å²) >= 11 is 0. The third-order valence-electron chi connectivity index (χ3n) is 14.6. The molecule has 4 aliphatic rings. The van der Waals surface area contributed by atoms with Gasteiger partial charge in [0.2, 0.25) is 11.8 Å². The summed E-state index contributed by atoms with van der Waals surface area (Å²) in [6.07, 6.45) is 3.75. The van der Waals surface area contributed by atoms with E-state index in [9.17, 15) is 24.0 Å². The van der Waals surface area contributed by atoms with E-state index in [0.29, 0.717) is 45.3 Å². The molecule has 5 atom stereocenters. The minimum Gasteiger partial charge on any atom is -0.464 e. The van der Waals surface area contributed by atoms with Crippen LogP contribution >= 0.6 is 0 Å². The number of aryl methyl sites for hydroxylation is 1. The second-order valence-electron chi connectivity index (χ2n) is 20.9. The average Bonchev–Trinajstić information content (AvgIpc) is 3.96. The number of benzene rings is 2. The number of likely N-dealkylation sites (tertiary alicyclic amines) is 2. The molecule has 2 aromatic carbocycles. The number of esters is 1. The Hall–Kier alpha value is -6.08. The molecule has 372 valence electrons. The molecule has 6 heterocycles. The molecule has 0 aliphatic carbocycles. The van der Waals surface area contributed by atoms with Crippen molar-refractivity contribution in [2.24, 2.45) is 23.2 Å². The first-order valence-electron chi connectivity index (χ1n) is 25.0. The molecule has 1 unspecified atom stereocenters. The lowest BCUT2D eigenvalue weighted by molar-refractivity contribution is -0.155. The Balaban J connectivity index is 1.12. The second-order valence-corrected chi connectivity index (χ2v) is 20.9. The van der Waals surface area contributed by atoms with Crippen LogP contribution in [0.15, 0.2) is 60.8 Å². The van der Waals surface area contributed by atoms with Gasteiger partial charge < -0.3 is 34.1 Å². The van der Waals surface area contributed by atoms with Crippen LogP contribution in [0, 0.1) is 35.0 Å². The van der Waals surface area contributed by atoms with E-state index in [1.807, 2.05) is 46.0 Å². The van der Waals surface area contributed by atoms with Crippen molar-refractivity contribution < 1.29 is 33.4 Å². The van der Waals surface area contributed by atoms with Crippen molar-refractivity contribution in [3.05, 3.63) is 77.6 Å². The summed E-state index contributed by atoms with van der Waals surface area (Å²) in [5, 5.41) is 5.60. The van der Waals surface area contributed by atoms with Crippen LogP contribution in [-0.2, 0) is 52.8 Å². The van der Waals surface area contributed by atoms with Crippen LogP contribution < -0.4 is 10.7 Å². The molecule has 70 heavy (non-hydrogen) atoms. The number of carbonyl (C=O) groups excluding carboxylic acids is 5. The second kappa shape index (κ2) is 21.1. The molecular weight excluding hydrogens is 885 g/mol. The van der Waals surface area contributed by atoms with E-state index >= 15 is 0 Å². The van der Waals surface area contributed by atoms with Crippen molar-refractivity contribution in [1.82, 2.24) is 40.0 Å². The zero-order valence-corrected chi connectivity index (χ0v) is 42.3. The minimum atomic E-state index is -1.06. The van der Waals surface area contributed by atoms with Gasteiger partial charge in [0, 0.05) is 93.8 Å². The normalized spacial score (nSPS) is 21.8. The standard InChI is InChI=1S/C55H70N8O7/c1-10-62-46-20-19-39-28-42(46)43(50(62)41-16-12-23-56-48(41)35(4)69-9)29-55(5,6)33-70-54(68)44-17-13-24-63(58-44)53(67)45(27-36-14-11-15-38(39)26-36)57-51(65)49(34(2)3)60(8)52(66)40-22-25-61(32-40)47(64)21-18-37-30-59(7)31-37/h11-12,14-16,19-20,23,26,28,34-35,37,40,44-45,49,58H,10,13,17,22,24-25,27,29-33H2,1-9H3,(H,57,65)/t35-,40?,44-,45-,49-/m0/s1. The number of fused-ring (bicyclic) bond motifs is 6. The van der Waals surface area contributed by atoms with Crippen LogP contribution in [-0.4, -0.2) is 138 Å². The lowest BCUT2D eigenvalue weighted by Crippen LogP contribution is -2.62. The molecule has 8 rings (SSSR count). The van der Waals surface area contributed by atoms with Gasteiger partial charge in [-0.3, -0.25) is 34.0 Å². The van der Waals surface area contributed by atoms with Gasteiger partial charge in [-0.25, -0.2) is 5.43 Å². The predicted molar refractivity (Wildman–Crippen MR) is 268 cm³/mol. The smallest absolute Gasteiger partial charge is 0.324 e. The molecule has 15 nitrogen and oxygen atoms in total. The summed E-state index contributed by atoms with van der Waals surface area (Å²) in [6, 6.07) is 15.9.